The second-order valence-electron chi connectivity index (χ2n) is 4.21. The molecule has 0 heterocycles. The lowest BCUT2D eigenvalue weighted by molar-refractivity contribution is 0.0978. The third-order valence-corrected chi connectivity index (χ3v) is 3.63. The Kier molecular flexibility index (Phi) is 6.70. The van der Waals surface area contributed by atoms with Crippen molar-refractivity contribution >= 4 is 28.4 Å². The molecule has 0 amide bonds. The topological polar surface area (TPSA) is 17.1 Å². The summed E-state index contributed by atoms with van der Waals surface area (Å²) in [5.41, 5.74) is 0.655. The number of hydrogen-bond acceptors (Lipinski definition) is 1. The fourth-order valence-electron chi connectivity index (χ4n) is 1.74. The third-order valence-electron chi connectivity index (χ3n) is 2.74. The maximum atomic E-state index is 12.9. The summed E-state index contributed by atoms with van der Waals surface area (Å²) in [6, 6.07) is 4.35. The molecule has 0 aliphatic heterocycles. The van der Waals surface area contributed by atoms with Gasteiger partial charge in [0.15, 0.2) is 5.78 Å². The fourth-order valence-corrected chi connectivity index (χ4v) is 2.52. The highest BCUT2D eigenvalue weighted by atomic mass is 127. The summed E-state index contributed by atoms with van der Waals surface area (Å²) in [6.45, 7) is 2.17. The second kappa shape index (κ2) is 7.80. The van der Waals surface area contributed by atoms with Crippen LogP contribution in [-0.2, 0) is 0 Å². The second-order valence-corrected chi connectivity index (χ2v) is 5.37. The summed E-state index contributed by atoms with van der Waals surface area (Å²) in [5, 5.41) is 0. The van der Waals surface area contributed by atoms with Crippen LogP contribution in [0.4, 0.5) is 4.39 Å². The minimum absolute atomic E-state index is 0.130. The van der Waals surface area contributed by atoms with E-state index in [2.05, 4.69) is 6.92 Å². The molecule has 0 aromatic heterocycles. The summed E-state index contributed by atoms with van der Waals surface area (Å²) in [4.78, 5) is 11.9. The van der Waals surface area contributed by atoms with Crippen molar-refractivity contribution in [3.63, 3.8) is 0 Å². The Labute approximate surface area is 116 Å². The van der Waals surface area contributed by atoms with Crippen LogP contribution in [-0.4, -0.2) is 5.78 Å². The van der Waals surface area contributed by atoms with Crippen LogP contribution in [0.2, 0.25) is 0 Å². The highest BCUT2D eigenvalue weighted by Gasteiger charge is 2.10. The zero-order valence-corrected chi connectivity index (χ0v) is 12.3. The normalized spacial score (nSPS) is 10.5. The first-order valence-electron chi connectivity index (χ1n) is 6.13. The predicted octanol–water partition coefficient (Wildman–Crippen LogP) is 4.97. The highest BCUT2D eigenvalue weighted by Crippen LogP contribution is 2.17. The maximum Gasteiger partial charge on any atom is 0.163 e. The van der Waals surface area contributed by atoms with Crippen molar-refractivity contribution in [2.75, 3.05) is 0 Å². The van der Waals surface area contributed by atoms with E-state index in [1.807, 2.05) is 22.6 Å². The van der Waals surface area contributed by atoms with Gasteiger partial charge in [0.2, 0.25) is 0 Å². The quantitative estimate of drug-likeness (QED) is 0.386. The van der Waals surface area contributed by atoms with Crippen LogP contribution in [0.1, 0.15) is 55.8 Å². The number of hydrogen-bond donors (Lipinski definition) is 0. The molecule has 1 nitrogen and oxygen atoms in total. The van der Waals surface area contributed by atoms with Crippen LogP contribution in [0.5, 0.6) is 0 Å². The molecular formula is C14H18FIO. The van der Waals surface area contributed by atoms with Crippen molar-refractivity contribution < 1.29 is 9.18 Å². The van der Waals surface area contributed by atoms with Gasteiger partial charge < -0.3 is 0 Å². The van der Waals surface area contributed by atoms with Gasteiger partial charge in [0.1, 0.15) is 5.82 Å². The SMILES string of the molecule is CCCCCCCC(=O)c1ccc(F)cc1I. The van der Waals surface area contributed by atoms with Gasteiger partial charge in [-0.05, 0) is 47.2 Å². The first-order valence-corrected chi connectivity index (χ1v) is 7.21. The Bertz CT molecular complexity index is 376. The smallest absolute Gasteiger partial charge is 0.163 e. The summed E-state index contributed by atoms with van der Waals surface area (Å²) in [7, 11) is 0. The molecule has 0 fully saturated rings. The molecule has 0 unspecified atom stereocenters. The summed E-state index contributed by atoms with van der Waals surface area (Å²) in [6.07, 6.45) is 6.27. The molecule has 17 heavy (non-hydrogen) atoms. The van der Waals surface area contributed by atoms with E-state index in [9.17, 15) is 9.18 Å². The number of carbonyl (C=O) groups excluding carboxylic acids is 1. The Balaban J connectivity index is 2.42. The molecule has 0 radical (unpaired) electrons. The van der Waals surface area contributed by atoms with Gasteiger partial charge in [0.05, 0.1) is 0 Å². The largest absolute Gasteiger partial charge is 0.294 e. The van der Waals surface area contributed by atoms with Gasteiger partial charge in [-0.15, -0.1) is 0 Å². The molecule has 3 heteroatoms. The van der Waals surface area contributed by atoms with Gasteiger partial charge in [0.25, 0.3) is 0 Å². The number of halogens is 2. The first kappa shape index (κ1) is 14.6. The highest BCUT2D eigenvalue weighted by molar-refractivity contribution is 14.1. The van der Waals surface area contributed by atoms with Crippen LogP contribution < -0.4 is 0 Å². The number of Topliss-reactive ketones (excluding diaryl/α,β-unsaturated/α-hetero) is 1. The van der Waals surface area contributed by atoms with Crippen LogP contribution >= 0.6 is 22.6 Å². The van der Waals surface area contributed by atoms with Gasteiger partial charge in [-0.2, -0.15) is 0 Å². The number of carbonyl (C=O) groups is 1. The monoisotopic (exact) mass is 348 g/mol. The van der Waals surface area contributed by atoms with Crippen LogP contribution in [0, 0.1) is 9.39 Å². The zero-order valence-electron chi connectivity index (χ0n) is 10.1. The minimum Gasteiger partial charge on any atom is -0.294 e. The Hall–Kier alpha value is -0.450. The maximum absolute atomic E-state index is 12.9. The van der Waals surface area contributed by atoms with Crippen molar-refractivity contribution in [1.29, 1.82) is 0 Å². The molecule has 0 atom stereocenters. The number of rotatable bonds is 7. The van der Waals surface area contributed by atoms with Crippen LogP contribution in [0.3, 0.4) is 0 Å². The Morgan fingerprint density at radius 3 is 2.59 bits per heavy atom. The first-order chi connectivity index (χ1) is 8.15. The van der Waals surface area contributed by atoms with E-state index in [1.165, 1.54) is 31.4 Å². The summed E-state index contributed by atoms with van der Waals surface area (Å²) >= 11 is 2.01. The van der Waals surface area contributed by atoms with Crippen LogP contribution in [0.25, 0.3) is 0 Å². The Morgan fingerprint density at radius 1 is 1.24 bits per heavy atom. The fraction of sp³-hybridized carbons (Fsp3) is 0.500. The molecular weight excluding hydrogens is 330 g/mol. The van der Waals surface area contributed by atoms with E-state index < -0.39 is 0 Å². The molecule has 0 aliphatic carbocycles. The van der Waals surface area contributed by atoms with Gasteiger partial charge >= 0.3 is 0 Å². The molecule has 1 aromatic carbocycles. The number of unbranched alkanes of at least 4 members (excludes halogenated alkanes) is 4. The van der Waals surface area contributed by atoms with Crippen molar-refractivity contribution in [3.8, 4) is 0 Å². The lowest BCUT2D eigenvalue weighted by Gasteiger charge is -2.04. The van der Waals surface area contributed by atoms with E-state index in [4.69, 9.17) is 0 Å². The predicted molar refractivity (Wildman–Crippen MR) is 76.8 cm³/mol. The molecule has 1 rings (SSSR count). The van der Waals surface area contributed by atoms with Crippen molar-refractivity contribution in [3.05, 3.63) is 33.1 Å². The molecule has 94 valence electrons. The molecule has 0 saturated heterocycles. The van der Waals surface area contributed by atoms with Gasteiger partial charge in [0, 0.05) is 15.6 Å². The minimum atomic E-state index is -0.283. The molecule has 0 saturated carbocycles. The van der Waals surface area contributed by atoms with E-state index in [0.717, 1.165) is 12.8 Å². The van der Waals surface area contributed by atoms with Gasteiger partial charge in [-0.25, -0.2) is 4.39 Å². The van der Waals surface area contributed by atoms with Crippen LogP contribution in [0.15, 0.2) is 18.2 Å². The molecule has 1 aromatic rings. The van der Waals surface area contributed by atoms with Crippen molar-refractivity contribution in [1.82, 2.24) is 0 Å². The van der Waals surface area contributed by atoms with E-state index >= 15 is 0 Å². The average molecular weight is 348 g/mol. The third kappa shape index (κ3) is 5.15. The van der Waals surface area contributed by atoms with E-state index in [0.29, 0.717) is 15.6 Å². The number of ketones is 1. The van der Waals surface area contributed by atoms with Gasteiger partial charge in [-0.3, -0.25) is 4.79 Å². The molecule has 0 spiro atoms. The lowest BCUT2D eigenvalue weighted by Crippen LogP contribution is -2.02. The zero-order chi connectivity index (χ0) is 12.7. The lowest BCUT2D eigenvalue weighted by atomic mass is 10.0. The number of benzene rings is 1. The van der Waals surface area contributed by atoms with Crippen molar-refractivity contribution in [2.45, 2.75) is 45.4 Å². The standard InChI is InChI=1S/C14H18FIO/c1-2-3-4-5-6-7-14(17)12-9-8-11(15)10-13(12)16/h8-10H,2-7H2,1H3. The molecule has 0 aliphatic rings. The van der Waals surface area contributed by atoms with Crippen molar-refractivity contribution in [2.24, 2.45) is 0 Å². The summed E-state index contributed by atoms with van der Waals surface area (Å²) in [5.74, 6) is -0.153. The average Bonchev–Trinajstić information content (AvgIpc) is 2.28. The Morgan fingerprint density at radius 2 is 1.94 bits per heavy atom. The van der Waals surface area contributed by atoms with E-state index in [-0.39, 0.29) is 11.6 Å². The van der Waals surface area contributed by atoms with E-state index in [1.54, 1.807) is 6.07 Å². The summed E-state index contributed by atoms with van der Waals surface area (Å²) < 4.78 is 13.6. The molecule has 0 bridgehead atoms. The van der Waals surface area contributed by atoms with Gasteiger partial charge in [-0.1, -0.05) is 32.6 Å². The molecule has 0 N–H and O–H groups in total.